The number of rotatable bonds is 10. The molecule has 1 rings (SSSR count). The zero-order valence-corrected chi connectivity index (χ0v) is 13.9. The van der Waals surface area contributed by atoms with Crippen LogP contribution >= 0.6 is 11.6 Å². The minimum absolute atomic E-state index is 0.259. The van der Waals surface area contributed by atoms with Crippen molar-refractivity contribution in [3.63, 3.8) is 0 Å². The zero-order chi connectivity index (χ0) is 16.4. The minimum Gasteiger partial charge on any atom is -0.385 e. The Morgan fingerprint density at radius 2 is 1.55 bits per heavy atom. The second-order valence-electron chi connectivity index (χ2n) is 5.59. The van der Waals surface area contributed by atoms with E-state index < -0.39 is 11.7 Å². The van der Waals surface area contributed by atoms with Crippen molar-refractivity contribution in [2.75, 3.05) is 11.9 Å². The Hall–Kier alpha value is -0.900. The minimum atomic E-state index is -4.41. The van der Waals surface area contributed by atoms with Gasteiger partial charge >= 0.3 is 6.18 Å². The van der Waals surface area contributed by atoms with Gasteiger partial charge in [0, 0.05) is 12.2 Å². The van der Waals surface area contributed by atoms with Gasteiger partial charge in [-0.05, 0) is 24.6 Å². The number of alkyl halides is 3. The highest BCUT2D eigenvalue weighted by Crippen LogP contribution is 2.36. The Balaban J connectivity index is 2.23. The van der Waals surface area contributed by atoms with E-state index in [9.17, 15) is 13.2 Å². The summed E-state index contributed by atoms with van der Waals surface area (Å²) in [5.74, 6) is 0. The second-order valence-corrected chi connectivity index (χ2v) is 6.00. The molecule has 22 heavy (non-hydrogen) atoms. The van der Waals surface area contributed by atoms with Crippen LogP contribution < -0.4 is 5.32 Å². The highest BCUT2D eigenvalue weighted by atomic mass is 35.5. The van der Waals surface area contributed by atoms with E-state index in [2.05, 4.69) is 12.2 Å². The van der Waals surface area contributed by atoms with E-state index in [1.165, 1.54) is 44.6 Å². The molecular formula is C17H25ClF3N. The number of hydrogen-bond donors (Lipinski definition) is 1. The fourth-order valence-electron chi connectivity index (χ4n) is 2.34. The first kappa shape index (κ1) is 19.1. The predicted molar refractivity (Wildman–Crippen MR) is 87.6 cm³/mol. The number of anilines is 1. The third kappa shape index (κ3) is 7.39. The summed E-state index contributed by atoms with van der Waals surface area (Å²) in [4.78, 5) is 0. The molecule has 5 heteroatoms. The van der Waals surface area contributed by atoms with Crippen molar-refractivity contribution in [2.45, 2.75) is 64.5 Å². The molecule has 0 radical (unpaired) electrons. The van der Waals surface area contributed by atoms with Crippen LogP contribution in [-0.2, 0) is 6.18 Å². The number of halogens is 4. The summed E-state index contributed by atoms with van der Waals surface area (Å²) in [5.41, 5.74) is -0.310. The maximum Gasteiger partial charge on any atom is 0.417 e. The Morgan fingerprint density at radius 1 is 0.955 bits per heavy atom. The molecule has 126 valence electrons. The molecule has 0 aliphatic carbocycles. The van der Waals surface area contributed by atoms with E-state index >= 15 is 0 Å². The Labute approximate surface area is 136 Å². The van der Waals surface area contributed by atoms with Crippen LogP contribution in [0.2, 0.25) is 5.02 Å². The lowest BCUT2D eigenvalue weighted by molar-refractivity contribution is -0.137. The topological polar surface area (TPSA) is 12.0 Å². The normalized spacial score (nSPS) is 11.7. The largest absolute Gasteiger partial charge is 0.417 e. The highest BCUT2D eigenvalue weighted by molar-refractivity contribution is 6.31. The van der Waals surface area contributed by atoms with E-state index in [-0.39, 0.29) is 5.02 Å². The van der Waals surface area contributed by atoms with Crippen LogP contribution in [-0.4, -0.2) is 6.54 Å². The molecule has 0 unspecified atom stereocenters. The molecule has 1 aromatic rings. The Morgan fingerprint density at radius 3 is 2.14 bits per heavy atom. The number of hydrogen-bond acceptors (Lipinski definition) is 1. The third-order valence-electron chi connectivity index (χ3n) is 3.63. The fourth-order valence-corrected chi connectivity index (χ4v) is 2.57. The van der Waals surface area contributed by atoms with Gasteiger partial charge in [-0.25, -0.2) is 0 Å². The summed E-state index contributed by atoms with van der Waals surface area (Å²) in [7, 11) is 0. The van der Waals surface area contributed by atoms with Crippen molar-refractivity contribution in [2.24, 2.45) is 0 Å². The molecule has 0 heterocycles. The molecule has 0 aliphatic rings. The van der Waals surface area contributed by atoms with E-state index in [4.69, 9.17) is 11.6 Å². The smallest absolute Gasteiger partial charge is 0.385 e. The van der Waals surface area contributed by atoms with Crippen LogP contribution in [0.25, 0.3) is 0 Å². The van der Waals surface area contributed by atoms with E-state index in [1.807, 2.05) is 0 Å². The van der Waals surface area contributed by atoms with Crippen LogP contribution in [0.15, 0.2) is 18.2 Å². The van der Waals surface area contributed by atoms with Gasteiger partial charge < -0.3 is 5.32 Å². The van der Waals surface area contributed by atoms with Gasteiger partial charge in [0.05, 0.1) is 10.6 Å². The van der Waals surface area contributed by atoms with Crippen molar-refractivity contribution in [3.05, 3.63) is 28.8 Å². The first-order valence-corrected chi connectivity index (χ1v) is 8.43. The van der Waals surface area contributed by atoms with E-state index in [0.29, 0.717) is 12.2 Å². The maximum atomic E-state index is 12.7. The molecule has 1 N–H and O–H groups in total. The third-order valence-corrected chi connectivity index (χ3v) is 3.96. The lowest BCUT2D eigenvalue weighted by Gasteiger charge is -2.12. The average Bonchev–Trinajstić information content (AvgIpc) is 2.46. The number of benzene rings is 1. The van der Waals surface area contributed by atoms with Crippen molar-refractivity contribution in [3.8, 4) is 0 Å². The molecule has 0 fully saturated rings. The summed E-state index contributed by atoms with van der Waals surface area (Å²) < 4.78 is 38.2. The highest BCUT2D eigenvalue weighted by Gasteiger charge is 2.33. The van der Waals surface area contributed by atoms with Gasteiger partial charge in [0.2, 0.25) is 0 Å². The quantitative estimate of drug-likeness (QED) is 0.458. The first-order chi connectivity index (χ1) is 10.4. The van der Waals surface area contributed by atoms with Crippen LogP contribution in [0, 0.1) is 0 Å². The van der Waals surface area contributed by atoms with Crippen LogP contribution in [0.5, 0.6) is 0 Å². The average molecular weight is 336 g/mol. The second kappa shape index (κ2) is 9.98. The summed E-state index contributed by atoms with van der Waals surface area (Å²) in [5, 5.41) is 2.78. The SMILES string of the molecule is CCCCCCCCCCNc1ccc(Cl)c(C(F)(F)F)c1. The summed E-state index contributed by atoms with van der Waals surface area (Å²) in [6.07, 6.45) is 5.26. The van der Waals surface area contributed by atoms with E-state index in [1.54, 1.807) is 6.07 Å². The molecule has 1 nitrogen and oxygen atoms in total. The molecule has 0 aromatic heterocycles. The van der Waals surface area contributed by atoms with Gasteiger partial charge in [-0.15, -0.1) is 0 Å². The van der Waals surface area contributed by atoms with Gasteiger partial charge in [0.1, 0.15) is 0 Å². The Kier molecular flexibility index (Phi) is 8.69. The molecule has 0 amide bonds. The van der Waals surface area contributed by atoms with Crippen LogP contribution in [0.3, 0.4) is 0 Å². The van der Waals surface area contributed by atoms with Crippen molar-refractivity contribution >= 4 is 17.3 Å². The molecule has 1 aromatic carbocycles. The summed E-state index contributed by atoms with van der Waals surface area (Å²) >= 11 is 5.59. The first-order valence-electron chi connectivity index (χ1n) is 8.05. The number of nitrogens with one attached hydrogen (secondary N) is 1. The molecule has 0 bridgehead atoms. The molecule has 0 aliphatic heterocycles. The monoisotopic (exact) mass is 335 g/mol. The van der Waals surface area contributed by atoms with E-state index in [0.717, 1.165) is 18.9 Å². The van der Waals surface area contributed by atoms with Gasteiger partial charge in [-0.1, -0.05) is 63.5 Å². The molecule has 0 saturated carbocycles. The van der Waals surface area contributed by atoms with Gasteiger partial charge in [0.15, 0.2) is 0 Å². The lowest BCUT2D eigenvalue weighted by atomic mass is 10.1. The molecular weight excluding hydrogens is 311 g/mol. The van der Waals surface area contributed by atoms with Gasteiger partial charge in [-0.3, -0.25) is 0 Å². The molecule has 0 spiro atoms. The van der Waals surface area contributed by atoms with Crippen LogP contribution in [0.1, 0.15) is 63.9 Å². The predicted octanol–water partition coefficient (Wildman–Crippen LogP) is 6.91. The standard InChI is InChI=1S/C17H25ClF3N/c1-2-3-4-5-6-7-8-9-12-22-14-10-11-16(18)15(13-14)17(19,20)21/h10-11,13,22H,2-9,12H2,1H3. The summed E-state index contributed by atoms with van der Waals surface area (Å²) in [6.45, 7) is 2.89. The van der Waals surface area contributed by atoms with Gasteiger partial charge in [-0.2, -0.15) is 13.2 Å². The van der Waals surface area contributed by atoms with Crippen molar-refractivity contribution in [1.82, 2.24) is 0 Å². The van der Waals surface area contributed by atoms with Crippen molar-refractivity contribution < 1.29 is 13.2 Å². The van der Waals surface area contributed by atoms with Gasteiger partial charge in [0.25, 0.3) is 0 Å². The molecule has 0 atom stereocenters. The maximum absolute atomic E-state index is 12.7. The molecule has 0 saturated heterocycles. The summed E-state index contributed by atoms with van der Waals surface area (Å²) in [6, 6.07) is 3.95. The fraction of sp³-hybridized carbons (Fsp3) is 0.647. The Bertz CT molecular complexity index is 432. The van der Waals surface area contributed by atoms with Crippen molar-refractivity contribution in [1.29, 1.82) is 0 Å². The zero-order valence-electron chi connectivity index (χ0n) is 13.1. The number of unbranched alkanes of at least 4 members (excludes halogenated alkanes) is 7. The lowest BCUT2D eigenvalue weighted by Crippen LogP contribution is -2.08. The van der Waals surface area contributed by atoms with Crippen LogP contribution in [0.4, 0.5) is 18.9 Å².